The number of nitrogen functional groups attached to an aromatic ring is 1. The van der Waals surface area contributed by atoms with Crippen LogP contribution in [0.3, 0.4) is 0 Å². The summed E-state index contributed by atoms with van der Waals surface area (Å²) in [6, 6.07) is 5.15. The topological polar surface area (TPSA) is 54.6 Å². The Bertz CT molecular complexity index is 418. The van der Waals surface area contributed by atoms with E-state index in [-0.39, 0.29) is 0 Å². The molecule has 1 atom stereocenters. The highest BCUT2D eigenvalue weighted by Crippen LogP contribution is 2.24. The molecule has 1 aromatic rings. The van der Waals surface area contributed by atoms with Crippen LogP contribution in [0.2, 0.25) is 0 Å². The van der Waals surface area contributed by atoms with E-state index in [1.54, 1.807) is 0 Å². The average molecular weight is 262 g/mol. The number of anilines is 2. The van der Waals surface area contributed by atoms with Gasteiger partial charge in [0.05, 0.1) is 31.1 Å². The first-order valence-corrected chi connectivity index (χ1v) is 7.08. The fourth-order valence-electron chi connectivity index (χ4n) is 2.90. The largest absolute Gasteiger partial charge is 0.384 e. The maximum atomic E-state index is 5.66. The predicted molar refractivity (Wildman–Crippen MR) is 76.3 cm³/mol. The molecule has 2 aliphatic rings. The summed E-state index contributed by atoms with van der Waals surface area (Å²) in [6.07, 6.45) is 3.04. The van der Waals surface area contributed by atoms with E-state index >= 15 is 0 Å². The van der Waals surface area contributed by atoms with Gasteiger partial charge < -0.3 is 15.4 Å². The molecule has 3 rings (SSSR count). The van der Waals surface area contributed by atoms with Crippen molar-refractivity contribution < 1.29 is 4.74 Å². The van der Waals surface area contributed by atoms with E-state index in [9.17, 15) is 0 Å². The Balaban J connectivity index is 1.70. The third-order valence-corrected chi connectivity index (χ3v) is 4.22. The predicted octanol–water partition coefficient (Wildman–Crippen LogP) is 0.963. The number of aromatic nitrogens is 1. The van der Waals surface area contributed by atoms with Crippen molar-refractivity contribution in [1.29, 1.82) is 0 Å². The normalized spacial score (nSPS) is 25.3. The van der Waals surface area contributed by atoms with Crippen molar-refractivity contribution in [2.75, 3.05) is 43.5 Å². The number of piperazine rings is 1. The van der Waals surface area contributed by atoms with Crippen LogP contribution in [-0.4, -0.2) is 54.8 Å². The number of ether oxygens (including phenoxy) is 1. The first-order valence-electron chi connectivity index (χ1n) is 7.08. The van der Waals surface area contributed by atoms with Crippen LogP contribution in [0.5, 0.6) is 0 Å². The lowest BCUT2D eigenvalue weighted by Crippen LogP contribution is -2.60. The molecule has 0 unspecified atom stereocenters. The van der Waals surface area contributed by atoms with Gasteiger partial charge in [-0.1, -0.05) is 6.92 Å². The Hall–Kier alpha value is -1.33. The number of nitrogens with two attached hydrogens (primary N) is 1. The molecule has 0 aromatic carbocycles. The average Bonchev–Trinajstić information content (AvgIpc) is 2.38. The lowest BCUT2D eigenvalue weighted by Gasteiger charge is -2.47. The van der Waals surface area contributed by atoms with Gasteiger partial charge in [0.2, 0.25) is 0 Å². The number of hydrogen-bond acceptors (Lipinski definition) is 5. The molecule has 2 fully saturated rings. The minimum absolute atomic E-state index is 0.555. The van der Waals surface area contributed by atoms with Crippen molar-refractivity contribution in [2.45, 2.75) is 25.4 Å². The molecule has 0 amide bonds. The lowest BCUT2D eigenvalue weighted by molar-refractivity contribution is -0.0698. The highest BCUT2D eigenvalue weighted by Gasteiger charge is 2.33. The number of pyridine rings is 1. The molecule has 0 aliphatic carbocycles. The van der Waals surface area contributed by atoms with Gasteiger partial charge in [-0.15, -0.1) is 0 Å². The van der Waals surface area contributed by atoms with Crippen LogP contribution in [0.4, 0.5) is 11.5 Å². The first kappa shape index (κ1) is 12.7. The van der Waals surface area contributed by atoms with Crippen molar-refractivity contribution in [3.63, 3.8) is 0 Å². The fraction of sp³-hybridized carbons (Fsp3) is 0.643. The number of rotatable bonds is 3. The third kappa shape index (κ3) is 2.53. The van der Waals surface area contributed by atoms with Crippen molar-refractivity contribution in [2.24, 2.45) is 0 Å². The molecule has 1 aromatic heterocycles. The molecule has 0 bridgehead atoms. The van der Waals surface area contributed by atoms with E-state index in [2.05, 4.69) is 27.8 Å². The summed E-state index contributed by atoms with van der Waals surface area (Å²) in [4.78, 5) is 9.24. The Morgan fingerprint density at radius 1 is 1.37 bits per heavy atom. The molecule has 3 heterocycles. The van der Waals surface area contributed by atoms with Gasteiger partial charge in [0.1, 0.15) is 5.82 Å². The third-order valence-electron chi connectivity index (χ3n) is 4.22. The quantitative estimate of drug-likeness (QED) is 0.879. The van der Waals surface area contributed by atoms with E-state index in [0.717, 1.165) is 39.3 Å². The SMILES string of the molecule is CC[C@H]1CN(C2COC2)CCN1c1ccc(N)nc1. The van der Waals surface area contributed by atoms with Gasteiger partial charge in [-0.05, 0) is 18.6 Å². The fourth-order valence-corrected chi connectivity index (χ4v) is 2.90. The molecule has 5 heteroatoms. The van der Waals surface area contributed by atoms with Crippen LogP contribution < -0.4 is 10.6 Å². The van der Waals surface area contributed by atoms with Gasteiger partial charge in [-0.2, -0.15) is 0 Å². The summed E-state index contributed by atoms with van der Waals surface area (Å²) in [5, 5.41) is 0. The molecule has 104 valence electrons. The van der Waals surface area contributed by atoms with Crippen LogP contribution in [0.15, 0.2) is 18.3 Å². The molecular weight excluding hydrogens is 240 g/mol. The van der Waals surface area contributed by atoms with E-state index in [1.165, 1.54) is 5.69 Å². The van der Waals surface area contributed by atoms with Gasteiger partial charge in [0.15, 0.2) is 0 Å². The second kappa shape index (κ2) is 5.35. The number of hydrogen-bond donors (Lipinski definition) is 1. The van der Waals surface area contributed by atoms with E-state index in [1.807, 2.05) is 12.3 Å². The zero-order valence-electron chi connectivity index (χ0n) is 11.5. The summed E-state index contributed by atoms with van der Waals surface area (Å²) in [5.41, 5.74) is 6.84. The van der Waals surface area contributed by atoms with Crippen molar-refractivity contribution in [3.05, 3.63) is 18.3 Å². The summed E-state index contributed by atoms with van der Waals surface area (Å²) >= 11 is 0. The highest BCUT2D eigenvalue weighted by molar-refractivity contribution is 5.49. The summed E-state index contributed by atoms with van der Waals surface area (Å²) < 4.78 is 5.30. The monoisotopic (exact) mass is 262 g/mol. The molecule has 2 N–H and O–H groups in total. The van der Waals surface area contributed by atoms with Gasteiger partial charge in [-0.25, -0.2) is 4.98 Å². The van der Waals surface area contributed by atoms with Crippen LogP contribution in [0.1, 0.15) is 13.3 Å². The first-order chi connectivity index (χ1) is 9.28. The van der Waals surface area contributed by atoms with Crippen molar-refractivity contribution >= 4 is 11.5 Å². The number of nitrogens with zero attached hydrogens (tertiary/aromatic N) is 3. The molecule has 0 saturated carbocycles. The molecule has 2 aliphatic heterocycles. The Kier molecular flexibility index (Phi) is 3.57. The zero-order valence-corrected chi connectivity index (χ0v) is 11.5. The minimum atomic E-state index is 0.555. The van der Waals surface area contributed by atoms with Crippen molar-refractivity contribution in [1.82, 2.24) is 9.88 Å². The summed E-state index contributed by atoms with van der Waals surface area (Å²) in [7, 11) is 0. The molecule has 5 nitrogen and oxygen atoms in total. The van der Waals surface area contributed by atoms with Crippen LogP contribution in [0.25, 0.3) is 0 Å². The summed E-state index contributed by atoms with van der Waals surface area (Å²) in [6.45, 7) is 7.34. The standard InChI is InChI=1S/C14H22N4O/c1-2-11-8-17(13-9-19-10-13)5-6-18(11)12-3-4-14(15)16-7-12/h3-4,7,11,13H,2,5-6,8-10H2,1H3,(H2,15,16)/t11-/m0/s1. The van der Waals surface area contributed by atoms with Crippen LogP contribution in [-0.2, 0) is 4.74 Å². The Morgan fingerprint density at radius 2 is 2.21 bits per heavy atom. The van der Waals surface area contributed by atoms with Crippen LogP contribution >= 0.6 is 0 Å². The minimum Gasteiger partial charge on any atom is -0.384 e. The van der Waals surface area contributed by atoms with Gasteiger partial charge in [0.25, 0.3) is 0 Å². The molecular formula is C14H22N4O. The van der Waals surface area contributed by atoms with Crippen LogP contribution in [0, 0.1) is 0 Å². The lowest BCUT2D eigenvalue weighted by atomic mass is 10.1. The zero-order chi connectivity index (χ0) is 13.2. The van der Waals surface area contributed by atoms with Gasteiger partial charge in [-0.3, -0.25) is 4.90 Å². The molecule has 0 spiro atoms. The second-order valence-electron chi connectivity index (χ2n) is 5.38. The summed E-state index contributed by atoms with van der Waals surface area (Å²) in [5.74, 6) is 0.585. The molecule has 19 heavy (non-hydrogen) atoms. The molecule has 0 radical (unpaired) electrons. The van der Waals surface area contributed by atoms with Gasteiger partial charge in [0, 0.05) is 25.7 Å². The van der Waals surface area contributed by atoms with E-state index in [4.69, 9.17) is 10.5 Å². The molecule has 2 saturated heterocycles. The highest BCUT2D eigenvalue weighted by atomic mass is 16.5. The van der Waals surface area contributed by atoms with Gasteiger partial charge >= 0.3 is 0 Å². The van der Waals surface area contributed by atoms with E-state index in [0.29, 0.717) is 17.9 Å². The maximum absolute atomic E-state index is 5.66. The Morgan fingerprint density at radius 3 is 2.79 bits per heavy atom. The smallest absolute Gasteiger partial charge is 0.123 e. The van der Waals surface area contributed by atoms with E-state index < -0.39 is 0 Å². The second-order valence-corrected chi connectivity index (χ2v) is 5.38. The Labute approximate surface area is 114 Å². The van der Waals surface area contributed by atoms with Crippen molar-refractivity contribution in [3.8, 4) is 0 Å². The maximum Gasteiger partial charge on any atom is 0.123 e.